The first-order valence-electron chi connectivity index (χ1n) is 5.90. The topological polar surface area (TPSA) is 0 Å². The third-order valence-electron chi connectivity index (χ3n) is 2.98. The van der Waals surface area contributed by atoms with Gasteiger partial charge in [-0.05, 0) is 36.3 Å². The van der Waals surface area contributed by atoms with E-state index in [1.165, 1.54) is 32.1 Å². The maximum Gasteiger partial charge on any atom is -0.0142 e. The van der Waals surface area contributed by atoms with Crippen LogP contribution in [0.5, 0.6) is 0 Å². The van der Waals surface area contributed by atoms with Gasteiger partial charge >= 0.3 is 0 Å². The van der Waals surface area contributed by atoms with Crippen molar-refractivity contribution in [3.05, 3.63) is 11.5 Å². The van der Waals surface area contributed by atoms with Crippen LogP contribution in [0.3, 0.4) is 0 Å². The van der Waals surface area contributed by atoms with E-state index in [0.29, 0.717) is 0 Å². The molecule has 0 saturated carbocycles. The summed E-state index contributed by atoms with van der Waals surface area (Å²) in [7, 11) is 0. The molecule has 0 aliphatic heterocycles. The lowest BCUT2D eigenvalue weighted by molar-refractivity contribution is 0.335. The molecule has 0 fully saturated rings. The molecule has 2 unspecified atom stereocenters. The Morgan fingerprint density at radius 3 is 2.36 bits per heavy atom. The summed E-state index contributed by atoms with van der Waals surface area (Å²) in [5.74, 6) is 1.81. The molecule has 0 amide bonds. The lowest BCUT2D eigenvalue weighted by Gasteiger charge is -2.18. The van der Waals surface area contributed by atoms with Gasteiger partial charge in [-0.25, -0.2) is 0 Å². The van der Waals surface area contributed by atoms with Gasteiger partial charge in [-0.2, -0.15) is 0 Å². The summed E-state index contributed by atoms with van der Waals surface area (Å²) in [5, 5.41) is 2.19. The van der Waals surface area contributed by atoms with Crippen molar-refractivity contribution >= 4 is 11.8 Å². The van der Waals surface area contributed by atoms with Gasteiger partial charge in [0, 0.05) is 0 Å². The average molecular weight is 214 g/mol. The molecule has 0 rings (SSSR count). The predicted octanol–water partition coefficient (Wildman–Crippen LogP) is 5.11. The first-order valence-corrected chi connectivity index (χ1v) is 7.19. The molecule has 14 heavy (non-hydrogen) atoms. The Balaban J connectivity index is 3.42. The van der Waals surface area contributed by atoms with E-state index in [-0.39, 0.29) is 0 Å². The quantitative estimate of drug-likeness (QED) is 0.506. The van der Waals surface area contributed by atoms with Crippen LogP contribution in [0.1, 0.15) is 52.9 Å². The molecule has 0 radical (unpaired) electrons. The number of unbranched alkanes of at least 4 members (excludes halogenated alkanes) is 1. The number of hydrogen-bond donors (Lipinski definition) is 0. The Kier molecular flexibility index (Phi) is 9.70. The van der Waals surface area contributed by atoms with Gasteiger partial charge < -0.3 is 0 Å². The molecule has 0 spiro atoms. The molecular formula is C13H26S. The highest BCUT2D eigenvalue weighted by Crippen LogP contribution is 2.22. The van der Waals surface area contributed by atoms with Crippen LogP contribution in [0, 0.1) is 11.8 Å². The van der Waals surface area contributed by atoms with E-state index in [0.717, 1.165) is 11.8 Å². The summed E-state index contributed by atoms with van der Waals surface area (Å²) in [6.45, 7) is 7.08. The first-order chi connectivity index (χ1) is 6.72. The zero-order chi connectivity index (χ0) is 10.8. The molecule has 0 aromatic carbocycles. The summed E-state index contributed by atoms with van der Waals surface area (Å²) in [6, 6.07) is 0. The molecule has 0 saturated heterocycles. The smallest absolute Gasteiger partial charge is 0.0142 e. The third-order valence-corrected chi connectivity index (χ3v) is 3.44. The molecule has 2 atom stereocenters. The summed E-state index contributed by atoms with van der Waals surface area (Å²) in [5.41, 5.74) is 0. The van der Waals surface area contributed by atoms with E-state index in [4.69, 9.17) is 0 Å². The standard InChI is InChI=1S/C13H26S/c1-5-9-12(2)13(3)10-7-6-8-11-14-4/h8,11-13H,5-7,9-10H2,1-4H3. The van der Waals surface area contributed by atoms with Crippen molar-refractivity contribution in [2.24, 2.45) is 11.8 Å². The first kappa shape index (κ1) is 14.1. The van der Waals surface area contributed by atoms with E-state index < -0.39 is 0 Å². The zero-order valence-corrected chi connectivity index (χ0v) is 11.1. The van der Waals surface area contributed by atoms with E-state index in [9.17, 15) is 0 Å². The summed E-state index contributed by atoms with van der Waals surface area (Å²) in [6.07, 6.45) is 11.1. The van der Waals surface area contributed by atoms with Gasteiger partial charge in [0.25, 0.3) is 0 Å². The molecule has 0 N–H and O–H groups in total. The van der Waals surface area contributed by atoms with Gasteiger partial charge in [0.15, 0.2) is 0 Å². The Labute approximate surface area is 94.6 Å². The van der Waals surface area contributed by atoms with Crippen LogP contribution in [0.25, 0.3) is 0 Å². The predicted molar refractivity (Wildman–Crippen MR) is 69.7 cm³/mol. The lowest BCUT2D eigenvalue weighted by Crippen LogP contribution is -2.07. The van der Waals surface area contributed by atoms with Gasteiger partial charge in [-0.3, -0.25) is 0 Å². The Morgan fingerprint density at radius 2 is 1.79 bits per heavy atom. The number of rotatable bonds is 8. The molecular weight excluding hydrogens is 188 g/mol. The van der Waals surface area contributed by atoms with Crippen molar-refractivity contribution in [1.29, 1.82) is 0 Å². The van der Waals surface area contributed by atoms with Crippen LogP contribution < -0.4 is 0 Å². The Morgan fingerprint density at radius 1 is 1.14 bits per heavy atom. The Hall–Kier alpha value is 0.0900. The highest BCUT2D eigenvalue weighted by molar-refractivity contribution is 8.01. The third kappa shape index (κ3) is 7.49. The lowest BCUT2D eigenvalue weighted by atomic mass is 9.88. The minimum absolute atomic E-state index is 0.901. The molecule has 0 aromatic rings. The fraction of sp³-hybridized carbons (Fsp3) is 0.846. The number of allylic oxidation sites excluding steroid dienone is 1. The normalized spacial score (nSPS) is 16.0. The van der Waals surface area contributed by atoms with E-state index in [1.54, 1.807) is 11.8 Å². The Bertz CT molecular complexity index is 140. The highest BCUT2D eigenvalue weighted by Gasteiger charge is 2.09. The van der Waals surface area contributed by atoms with Crippen LogP contribution >= 0.6 is 11.8 Å². The van der Waals surface area contributed by atoms with Crippen molar-refractivity contribution < 1.29 is 0 Å². The van der Waals surface area contributed by atoms with Crippen molar-refractivity contribution in [3.8, 4) is 0 Å². The molecule has 0 aliphatic rings. The van der Waals surface area contributed by atoms with E-state index in [2.05, 4.69) is 38.5 Å². The molecule has 0 heterocycles. The summed E-state index contributed by atoms with van der Waals surface area (Å²) >= 11 is 1.79. The summed E-state index contributed by atoms with van der Waals surface area (Å²) in [4.78, 5) is 0. The van der Waals surface area contributed by atoms with E-state index >= 15 is 0 Å². The molecule has 0 aromatic heterocycles. The van der Waals surface area contributed by atoms with Gasteiger partial charge in [0.05, 0.1) is 0 Å². The second-order valence-electron chi connectivity index (χ2n) is 4.28. The van der Waals surface area contributed by atoms with Crippen molar-refractivity contribution in [1.82, 2.24) is 0 Å². The molecule has 0 nitrogen and oxygen atoms in total. The van der Waals surface area contributed by atoms with Crippen molar-refractivity contribution in [3.63, 3.8) is 0 Å². The van der Waals surface area contributed by atoms with Gasteiger partial charge in [-0.1, -0.05) is 46.1 Å². The minimum Gasteiger partial charge on any atom is -0.138 e. The second kappa shape index (κ2) is 9.64. The molecule has 0 bridgehead atoms. The molecule has 84 valence electrons. The zero-order valence-electron chi connectivity index (χ0n) is 10.3. The van der Waals surface area contributed by atoms with Crippen molar-refractivity contribution in [2.45, 2.75) is 52.9 Å². The van der Waals surface area contributed by atoms with Crippen LogP contribution in [0.15, 0.2) is 11.5 Å². The molecule has 0 aliphatic carbocycles. The average Bonchev–Trinajstić information content (AvgIpc) is 2.17. The van der Waals surface area contributed by atoms with Crippen LogP contribution in [-0.4, -0.2) is 6.26 Å². The number of thioether (sulfide) groups is 1. The van der Waals surface area contributed by atoms with Gasteiger partial charge in [-0.15, -0.1) is 11.8 Å². The van der Waals surface area contributed by atoms with Gasteiger partial charge in [0.2, 0.25) is 0 Å². The van der Waals surface area contributed by atoms with Crippen LogP contribution in [0.4, 0.5) is 0 Å². The largest absolute Gasteiger partial charge is 0.138 e. The monoisotopic (exact) mass is 214 g/mol. The fourth-order valence-corrected chi connectivity index (χ4v) is 2.07. The maximum atomic E-state index is 2.40. The van der Waals surface area contributed by atoms with Crippen LogP contribution in [-0.2, 0) is 0 Å². The number of hydrogen-bond acceptors (Lipinski definition) is 1. The SMILES string of the molecule is CCCC(C)C(C)CCCC=CSC. The minimum atomic E-state index is 0.901. The van der Waals surface area contributed by atoms with E-state index in [1.807, 2.05) is 0 Å². The van der Waals surface area contributed by atoms with Crippen LogP contribution in [0.2, 0.25) is 0 Å². The molecule has 1 heteroatoms. The second-order valence-corrected chi connectivity index (χ2v) is 5.03. The summed E-state index contributed by atoms with van der Waals surface area (Å²) < 4.78 is 0. The van der Waals surface area contributed by atoms with Gasteiger partial charge in [0.1, 0.15) is 0 Å². The maximum absolute atomic E-state index is 2.40. The fourth-order valence-electron chi connectivity index (χ4n) is 1.75. The highest BCUT2D eigenvalue weighted by atomic mass is 32.2. The van der Waals surface area contributed by atoms with Crippen molar-refractivity contribution in [2.75, 3.05) is 6.26 Å².